The first-order chi connectivity index (χ1) is 10.6. The smallest absolute Gasteiger partial charge is 0.167 e. The van der Waals surface area contributed by atoms with Crippen LogP contribution in [0.4, 0.5) is 5.82 Å². The SMILES string of the molecule is CC(C)C1CCC(n2cnc3c(NCN(C)C)ncnc32)O1. The van der Waals surface area contributed by atoms with E-state index in [-0.39, 0.29) is 6.23 Å². The molecule has 3 rings (SSSR count). The van der Waals surface area contributed by atoms with Gasteiger partial charge in [0.25, 0.3) is 0 Å². The Morgan fingerprint density at radius 3 is 2.82 bits per heavy atom. The molecule has 0 bridgehead atoms. The maximum Gasteiger partial charge on any atom is 0.167 e. The van der Waals surface area contributed by atoms with Gasteiger partial charge in [0.15, 0.2) is 17.0 Å². The van der Waals surface area contributed by atoms with Crippen LogP contribution in [-0.4, -0.2) is 51.3 Å². The van der Waals surface area contributed by atoms with Crippen LogP contribution in [-0.2, 0) is 4.74 Å². The highest BCUT2D eigenvalue weighted by atomic mass is 16.5. The summed E-state index contributed by atoms with van der Waals surface area (Å²) in [7, 11) is 4.00. The van der Waals surface area contributed by atoms with Crippen molar-refractivity contribution in [1.82, 2.24) is 24.4 Å². The molecule has 0 amide bonds. The van der Waals surface area contributed by atoms with Crippen molar-refractivity contribution in [3.8, 4) is 0 Å². The molecule has 0 radical (unpaired) electrons. The van der Waals surface area contributed by atoms with Crippen molar-refractivity contribution < 1.29 is 4.74 Å². The van der Waals surface area contributed by atoms with Gasteiger partial charge in [-0.05, 0) is 32.9 Å². The second-order valence-corrected chi connectivity index (χ2v) is 6.41. The van der Waals surface area contributed by atoms with Gasteiger partial charge in [-0.1, -0.05) is 13.8 Å². The Bertz CT molecular complexity index is 638. The first-order valence-electron chi connectivity index (χ1n) is 7.78. The van der Waals surface area contributed by atoms with E-state index in [1.54, 1.807) is 6.33 Å². The lowest BCUT2D eigenvalue weighted by Gasteiger charge is -2.17. The third-order valence-corrected chi connectivity index (χ3v) is 4.01. The van der Waals surface area contributed by atoms with E-state index in [0.29, 0.717) is 18.7 Å². The Balaban J connectivity index is 1.85. The van der Waals surface area contributed by atoms with Crippen molar-refractivity contribution in [2.75, 3.05) is 26.1 Å². The van der Waals surface area contributed by atoms with E-state index in [1.165, 1.54) is 0 Å². The van der Waals surface area contributed by atoms with E-state index in [0.717, 1.165) is 29.8 Å². The Kier molecular flexibility index (Phi) is 4.26. The monoisotopic (exact) mass is 304 g/mol. The number of aromatic nitrogens is 4. The Labute approximate surface area is 130 Å². The van der Waals surface area contributed by atoms with Gasteiger partial charge in [0.2, 0.25) is 0 Å². The zero-order chi connectivity index (χ0) is 15.7. The Hall–Kier alpha value is -1.73. The molecule has 22 heavy (non-hydrogen) atoms. The largest absolute Gasteiger partial charge is 0.355 e. The normalized spacial score (nSPS) is 22.1. The molecular formula is C15H24N6O. The number of rotatable bonds is 5. The molecule has 0 aliphatic carbocycles. The number of fused-ring (bicyclic) bond motifs is 1. The third-order valence-electron chi connectivity index (χ3n) is 4.01. The molecule has 0 saturated carbocycles. The van der Waals surface area contributed by atoms with Crippen LogP contribution in [0.15, 0.2) is 12.7 Å². The predicted octanol–water partition coefficient (Wildman–Crippen LogP) is 2.09. The van der Waals surface area contributed by atoms with E-state index >= 15 is 0 Å². The zero-order valence-electron chi connectivity index (χ0n) is 13.7. The van der Waals surface area contributed by atoms with Gasteiger partial charge >= 0.3 is 0 Å². The second-order valence-electron chi connectivity index (χ2n) is 6.41. The van der Waals surface area contributed by atoms with Crippen LogP contribution in [0.25, 0.3) is 11.2 Å². The molecule has 1 fully saturated rings. The Morgan fingerprint density at radius 1 is 1.32 bits per heavy atom. The highest BCUT2D eigenvalue weighted by molar-refractivity contribution is 5.82. The molecule has 0 spiro atoms. The first kappa shape index (κ1) is 15.2. The maximum absolute atomic E-state index is 6.15. The van der Waals surface area contributed by atoms with Gasteiger partial charge in [0, 0.05) is 0 Å². The molecule has 1 aliphatic heterocycles. The molecule has 2 atom stereocenters. The van der Waals surface area contributed by atoms with Crippen LogP contribution in [0.3, 0.4) is 0 Å². The first-order valence-corrected chi connectivity index (χ1v) is 7.78. The summed E-state index contributed by atoms with van der Waals surface area (Å²) in [5.74, 6) is 1.29. The van der Waals surface area contributed by atoms with Crippen molar-refractivity contribution in [2.45, 2.75) is 39.0 Å². The summed E-state index contributed by atoms with van der Waals surface area (Å²) in [5.41, 5.74) is 1.62. The average molecular weight is 304 g/mol. The molecule has 3 heterocycles. The van der Waals surface area contributed by atoms with Crippen molar-refractivity contribution in [3.05, 3.63) is 12.7 Å². The lowest BCUT2D eigenvalue weighted by Crippen LogP contribution is -2.21. The predicted molar refractivity (Wildman–Crippen MR) is 85.5 cm³/mol. The van der Waals surface area contributed by atoms with Crippen LogP contribution in [0.5, 0.6) is 0 Å². The topological polar surface area (TPSA) is 68.1 Å². The van der Waals surface area contributed by atoms with Crippen molar-refractivity contribution in [2.24, 2.45) is 5.92 Å². The van der Waals surface area contributed by atoms with Gasteiger partial charge in [-0.25, -0.2) is 15.0 Å². The van der Waals surface area contributed by atoms with Gasteiger partial charge in [-0.3, -0.25) is 9.47 Å². The lowest BCUT2D eigenvalue weighted by molar-refractivity contribution is -0.0165. The quantitative estimate of drug-likeness (QED) is 0.853. The summed E-state index contributed by atoms with van der Waals surface area (Å²) < 4.78 is 8.18. The summed E-state index contributed by atoms with van der Waals surface area (Å²) in [6.07, 6.45) is 5.81. The number of imidazole rings is 1. The average Bonchev–Trinajstić information content (AvgIpc) is 3.11. The molecule has 7 nitrogen and oxygen atoms in total. The summed E-state index contributed by atoms with van der Waals surface area (Å²) >= 11 is 0. The summed E-state index contributed by atoms with van der Waals surface area (Å²) in [6, 6.07) is 0. The molecule has 2 aromatic heterocycles. The maximum atomic E-state index is 6.15. The molecule has 2 aromatic rings. The number of nitrogens with one attached hydrogen (secondary N) is 1. The number of hydrogen-bond donors (Lipinski definition) is 1. The molecule has 1 saturated heterocycles. The van der Waals surface area contributed by atoms with Crippen molar-refractivity contribution in [3.63, 3.8) is 0 Å². The zero-order valence-corrected chi connectivity index (χ0v) is 13.7. The van der Waals surface area contributed by atoms with Gasteiger partial charge in [-0.15, -0.1) is 0 Å². The number of hydrogen-bond acceptors (Lipinski definition) is 6. The van der Waals surface area contributed by atoms with Gasteiger partial charge in [0.05, 0.1) is 19.1 Å². The van der Waals surface area contributed by atoms with Gasteiger partial charge < -0.3 is 10.1 Å². The molecule has 1 N–H and O–H groups in total. The van der Waals surface area contributed by atoms with Gasteiger partial charge in [-0.2, -0.15) is 0 Å². The van der Waals surface area contributed by atoms with E-state index in [9.17, 15) is 0 Å². The minimum absolute atomic E-state index is 0.0222. The fourth-order valence-corrected chi connectivity index (χ4v) is 2.76. The van der Waals surface area contributed by atoms with E-state index in [2.05, 4.69) is 34.1 Å². The summed E-state index contributed by atoms with van der Waals surface area (Å²) in [5, 5.41) is 3.28. The Morgan fingerprint density at radius 2 is 2.14 bits per heavy atom. The van der Waals surface area contributed by atoms with E-state index in [1.807, 2.05) is 29.9 Å². The van der Waals surface area contributed by atoms with Crippen LogP contribution in [0, 0.1) is 5.92 Å². The standard InChI is InChI=1S/C15H24N6O/c1-10(2)11-5-6-12(22-11)21-9-18-13-14(19-8-20(3)4)16-7-17-15(13)21/h7,9-12H,5-6,8H2,1-4H3,(H,16,17,19). The van der Waals surface area contributed by atoms with E-state index < -0.39 is 0 Å². The second kappa shape index (κ2) is 6.18. The van der Waals surface area contributed by atoms with Crippen LogP contribution >= 0.6 is 0 Å². The highest BCUT2D eigenvalue weighted by Gasteiger charge is 2.29. The molecule has 120 valence electrons. The molecule has 0 aromatic carbocycles. The number of nitrogens with zero attached hydrogens (tertiary/aromatic N) is 5. The van der Waals surface area contributed by atoms with Crippen molar-refractivity contribution >= 4 is 17.0 Å². The molecule has 2 unspecified atom stereocenters. The van der Waals surface area contributed by atoms with Crippen LogP contribution < -0.4 is 5.32 Å². The van der Waals surface area contributed by atoms with Crippen LogP contribution in [0.1, 0.15) is 32.9 Å². The molecule has 7 heteroatoms. The lowest BCUT2D eigenvalue weighted by atomic mass is 10.1. The minimum Gasteiger partial charge on any atom is -0.355 e. The minimum atomic E-state index is 0.0222. The molecule has 1 aliphatic rings. The third kappa shape index (κ3) is 2.91. The fourth-order valence-electron chi connectivity index (χ4n) is 2.76. The van der Waals surface area contributed by atoms with E-state index in [4.69, 9.17) is 4.74 Å². The summed E-state index contributed by atoms with van der Waals surface area (Å²) in [6.45, 7) is 5.10. The highest BCUT2D eigenvalue weighted by Crippen LogP contribution is 2.33. The summed E-state index contributed by atoms with van der Waals surface area (Å²) in [4.78, 5) is 15.2. The number of anilines is 1. The van der Waals surface area contributed by atoms with Gasteiger partial charge in [0.1, 0.15) is 12.6 Å². The fraction of sp³-hybridized carbons (Fsp3) is 0.667. The van der Waals surface area contributed by atoms with Crippen molar-refractivity contribution in [1.29, 1.82) is 0 Å². The number of ether oxygens (including phenoxy) is 1. The molecular weight excluding hydrogens is 280 g/mol. The van der Waals surface area contributed by atoms with Crippen LogP contribution in [0.2, 0.25) is 0 Å².